The van der Waals surface area contributed by atoms with Crippen molar-refractivity contribution >= 4 is 0 Å². The Kier molecular flexibility index (Phi) is 4.55. The fraction of sp³-hybridized carbons (Fsp3) is 0.667. The van der Waals surface area contributed by atoms with Gasteiger partial charge in [0.25, 0.3) is 0 Å². The number of rotatable bonds is 2. The van der Waals surface area contributed by atoms with Gasteiger partial charge in [-0.15, -0.1) is 0 Å². The molecule has 2 nitrogen and oxygen atoms in total. The fourth-order valence-corrected chi connectivity index (χ4v) is 1.94. The minimum absolute atomic E-state index is 0.124. The maximum Gasteiger partial charge on any atom is 0.126 e. The average Bonchev–Trinajstić information content (AvgIpc) is 2.78. The highest BCUT2D eigenvalue weighted by molar-refractivity contribution is 5.41. The van der Waals surface area contributed by atoms with E-state index in [1.807, 2.05) is 26.1 Å². The van der Waals surface area contributed by atoms with E-state index < -0.39 is 0 Å². The van der Waals surface area contributed by atoms with Crippen LogP contribution in [0.25, 0.3) is 0 Å². The van der Waals surface area contributed by atoms with E-state index >= 15 is 0 Å². The van der Waals surface area contributed by atoms with Gasteiger partial charge >= 0.3 is 0 Å². The van der Waals surface area contributed by atoms with E-state index in [-0.39, 0.29) is 5.41 Å². The number of hydrogen-bond donors (Lipinski definition) is 0. The third kappa shape index (κ3) is 2.62. The Labute approximate surface area is 105 Å². The van der Waals surface area contributed by atoms with E-state index in [9.17, 15) is 0 Å². The van der Waals surface area contributed by atoms with Gasteiger partial charge in [0.05, 0.1) is 12.3 Å². The van der Waals surface area contributed by atoms with Crippen LogP contribution in [0.4, 0.5) is 0 Å². The number of aromatic nitrogens is 1. The summed E-state index contributed by atoms with van der Waals surface area (Å²) in [4.78, 5) is 4.56. The first-order chi connectivity index (χ1) is 8.03. The van der Waals surface area contributed by atoms with Crippen molar-refractivity contribution < 1.29 is 4.74 Å². The Balaban J connectivity index is 0.000000686. The zero-order valence-corrected chi connectivity index (χ0v) is 12.0. The summed E-state index contributed by atoms with van der Waals surface area (Å²) in [7, 11) is 0. The number of fused-ring (bicyclic) bond motifs is 1. The van der Waals surface area contributed by atoms with E-state index in [4.69, 9.17) is 4.74 Å². The van der Waals surface area contributed by atoms with Crippen LogP contribution in [-0.2, 0) is 11.8 Å². The second-order valence-electron chi connectivity index (χ2n) is 5.11. The van der Waals surface area contributed by atoms with Gasteiger partial charge < -0.3 is 4.74 Å². The van der Waals surface area contributed by atoms with E-state index in [1.165, 1.54) is 11.3 Å². The first kappa shape index (κ1) is 14.0. The van der Waals surface area contributed by atoms with Crippen molar-refractivity contribution in [2.45, 2.75) is 53.4 Å². The van der Waals surface area contributed by atoms with Crippen LogP contribution in [0, 0.1) is 5.92 Å². The summed E-state index contributed by atoms with van der Waals surface area (Å²) < 4.78 is 5.57. The summed E-state index contributed by atoms with van der Waals surface area (Å²) in [6, 6.07) is 1.97. The molecule has 0 unspecified atom stereocenters. The molecule has 0 atom stereocenters. The predicted molar refractivity (Wildman–Crippen MR) is 72.6 cm³/mol. The quantitative estimate of drug-likeness (QED) is 0.773. The lowest BCUT2D eigenvalue weighted by Gasteiger charge is -2.30. The van der Waals surface area contributed by atoms with Crippen molar-refractivity contribution in [3.05, 3.63) is 23.5 Å². The van der Waals surface area contributed by atoms with Crippen LogP contribution in [0.2, 0.25) is 0 Å². The van der Waals surface area contributed by atoms with Crippen LogP contribution in [-0.4, -0.2) is 11.6 Å². The van der Waals surface area contributed by atoms with Gasteiger partial charge in [-0.1, -0.05) is 41.5 Å². The monoisotopic (exact) mass is 235 g/mol. The molecular formula is C15H25NO. The Morgan fingerprint density at radius 2 is 1.94 bits per heavy atom. The predicted octanol–water partition coefficient (Wildman–Crippen LogP) is 3.98. The molecule has 0 saturated carbocycles. The van der Waals surface area contributed by atoms with Crippen molar-refractivity contribution in [3.63, 3.8) is 0 Å². The van der Waals surface area contributed by atoms with Crippen LogP contribution >= 0.6 is 0 Å². The van der Waals surface area contributed by atoms with Gasteiger partial charge in [-0.05, 0) is 12.0 Å². The summed E-state index contributed by atoms with van der Waals surface area (Å²) in [5.41, 5.74) is 2.66. The average molecular weight is 235 g/mol. The Bertz CT molecular complexity index is 369. The van der Waals surface area contributed by atoms with E-state index in [2.05, 4.69) is 32.7 Å². The smallest absolute Gasteiger partial charge is 0.126 e. The molecule has 17 heavy (non-hydrogen) atoms. The molecule has 0 N–H and O–H groups in total. The molecule has 1 aliphatic rings. The van der Waals surface area contributed by atoms with Crippen LogP contribution in [0.15, 0.2) is 12.3 Å². The third-order valence-electron chi connectivity index (χ3n) is 3.68. The normalized spacial score (nSPS) is 13.8. The fourth-order valence-electron chi connectivity index (χ4n) is 1.94. The molecular weight excluding hydrogens is 210 g/mol. The first-order valence-corrected chi connectivity index (χ1v) is 6.64. The van der Waals surface area contributed by atoms with Gasteiger partial charge in [-0.2, -0.15) is 0 Å². The maximum atomic E-state index is 5.57. The van der Waals surface area contributed by atoms with E-state index in [1.54, 1.807) is 0 Å². The minimum atomic E-state index is 0.124. The number of hydrogen-bond acceptors (Lipinski definition) is 2. The highest BCUT2D eigenvalue weighted by atomic mass is 16.5. The highest BCUT2D eigenvalue weighted by Crippen LogP contribution is 2.37. The Morgan fingerprint density at radius 1 is 1.29 bits per heavy atom. The molecule has 0 fully saturated rings. The molecule has 2 heterocycles. The van der Waals surface area contributed by atoms with Gasteiger partial charge in [0.2, 0.25) is 0 Å². The maximum absolute atomic E-state index is 5.57. The summed E-state index contributed by atoms with van der Waals surface area (Å²) in [5.74, 6) is 1.62. The Hall–Kier alpha value is -1.05. The molecule has 0 aliphatic carbocycles. The van der Waals surface area contributed by atoms with Crippen LogP contribution in [0.1, 0.15) is 52.8 Å². The second kappa shape index (κ2) is 5.52. The molecule has 0 radical (unpaired) electrons. The molecule has 1 aliphatic heterocycles. The van der Waals surface area contributed by atoms with Crippen LogP contribution < -0.4 is 4.74 Å². The number of pyridine rings is 1. The topological polar surface area (TPSA) is 22.1 Å². The molecule has 0 aromatic carbocycles. The summed E-state index contributed by atoms with van der Waals surface area (Å²) >= 11 is 0. The lowest BCUT2D eigenvalue weighted by Crippen LogP contribution is -2.27. The number of ether oxygens (including phenoxy) is 1. The van der Waals surface area contributed by atoms with Gasteiger partial charge in [-0.25, -0.2) is 0 Å². The summed E-state index contributed by atoms with van der Waals surface area (Å²) in [6.07, 6.45) is 2.87. The summed E-state index contributed by atoms with van der Waals surface area (Å²) in [6.45, 7) is 13.8. The van der Waals surface area contributed by atoms with Crippen molar-refractivity contribution in [3.8, 4) is 5.75 Å². The zero-order valence-electron chi connectivity index (χ0n) is 12.0. The van der Waals surface area contributed by atoms with E-state index in [0.717, 1.165) is 18.8 Å². The molecule has 96 valence electrons. The largest absolute Gasteiger partial charge is 0.493 e. The lowest BCUT2D eigenvalue weighted by atomic mass is 9.76. The van der Waals surface area contributed by atoms with Crippen molar-refractivity contribution in [1.82, 2.24) is 4.98 Å². The minimum Gasteiger partial charge on any atom is -0.493 e. The van der Waals surface area contributed by atoms with Gasteiger partial charge in [0, 0.05) is 23.6 Å². The molecule has 2 heteroatoms. The summed E-state index contributed by atoms with van der Waals surface area (Å²) in [5, 5.41) is 0. The van der Waals surface area contributed by atoms with Crippen LogP contribution in [0.3, 0.4) is 0 Å². The van der Waals surface area contributed by atoms with Crippen LogP contribution in [0.5, 0.6) is 5.75 Å². The standard InChI is InChI=1S/C13H19NO.C2H6/c1-9(2)13(3,4)12-10-6-8-15-11(10)5-7-14-12;1-2/h5,7,9H,6,8H2,1-4H3;1-2H3. The van der Waals surface area contributed by atoms with Crippen molar-refractivity contribution in [2.75, 3.05) is 6.61 Å². The molecule has 2 rings (SSSR count). The molecule has 1 aromatic heterocycles. The molecule has 1 aromatic rings. The van der Waals surface area contributed by atoms with Crippen molar-refractivity contribution in [1.29, 1.82) is 0 Å². The van der Waals surface area contributed by atoms with Gasteiger partial charge in [0.15, 0.2) is 0 Å². The molecule has 0 saturated heterocycles. The molecule has 0 spiro atoms. The Morgan fingerprint density at radius 3 is 2.53 bits per heavy atom. The molecule has 0 amide bonds. The van der Waals surface area contributed by atoms with E-state index in [0.29, 0.717) is 5.92 Å². The second-order valence-corrected chi connectivity index (χ2v) is 5.11. The van der Waals surface area contributed by atoms with Gasteiger partial charge in [-0.3, -0.25) is 4.98 Å². The van der Waals surface area contributed by atoms with Crippen molar-refractivity contribution in [2.24, 2.45) is 5.92 Å². The SMILES string of the molecule is CC.CC(C)C(C)(C)c1nccc2c1CCO2. The number of nitrogens with zero attached hydrogens (tertiary/aromatic N) is 1. The lowest BCUT2D eigenvalue weighted by molar-refractivity contribution is 0.355. The van der Waals surface area contributed by atoms with Gasteiger partial charge in [0.1, 0.15) is 5.75 Å². The third-order valence-corrected chi connectivity index (χ3v) is 3.68. The zero-order chi connectivity index (χ0) is 13.1. The highest BCUT2D eigenvalue weighted by Gasteiger charge is 2.31. The molecule has 0 bridgehead atoms. The first-order valence-electron chi connectivity index (χ1n) is 6.64.